The molecule has 0 aliphatic heterocycles. The van der Waals surface area contributed by atoms with E-state index in [4.69, 9.17) is 14.2 Å². The molecule has 0 heterocycles. The minimum Gasteiger partial charge on any atom is -0.462 e. The summed E-state index contributed by atoms with van der Waals surface area (Å²) in [6.45, 7) is 11.4. The normalized spacial score (nSPS) is 12.0. The fourth-order valence-corrected chi connectivity index (χ4v) is 9.05. The number of unbranched alkanes of at least 4 members (excludes halogenated alkanes) is 38. The zero-order valence-corrected chi connectivity index (χ0v) is 44.6. The average molecular weight is 920 g/mol. The van der Waals surface area contributed by atoms with Crippen molar-refractivity contribution in [1.82, 2.24) is 0 Å². The molecule has 65 heavy (non-hydrogen) atoms. The van der Waals surface area contributed by atoms with E-state index in [0.717, 1.165) is 69.6 Å². The number of hydrogen-bond donors (Lipinski definition) is 0. The molecule has 1 atom stereocenters. The SMILES string of the molecule is CCCCCCCCCCCCCCCCC(=O)OC[C@@H](COC(=O)CCCCCCCCCCCCCCCC(C)C)OC(=O)CCCCCCCCCCCCCCCCC(C)C. The first kappa shape index (κ1) is 63.4. The van der Waals surface area contributed by atoms with Gasteiger partial charge in [0.15, 0.2) is 6.10 Å². The molecule has 0 bridgehead atoms. The molecular formula is C59H114O6. The highest BCUT2D eigenvalue weighted by Gasteiger charge is 2.19. The molecule has 0 rings (SSSR count). The second-order valence-electron chi connectivity index (χ2n) is 21.2. The smallest absolute Gasteiger partial charge is 0.306 e. The molecule has 0 saturated carbocycles. The summed E-state index contributed by atoms with van der Waals surface area (Å²) in [6, 6.07) is 0. The van der Waals surface area contributed by atoms with E-state index in [1.165, 1.54) is 218 Å². The summed E-state index contributed by atoms with van der Waals surface area (Å²) < 4.78 is 16.9. The van der Waals surface area contributed by atoms with E-state index in [2.05, 4.69) is 34.6 Å². The Kier molecular flexibility index (Phi) is 50.5. The van der Waals surface area contributed by atoms with Gasteiger partial charge in [0, 0.05) is 19.3 Å². The maximum atomic E-state index is 12.9. The zero-order chi connectivity index (χ0) is 47.5. The summed E-state index contributed by atoms with van der Waals surface area (Å²) in [5, 5.41) is 0. The molecule has 0 fully saturated rings. The molecule has 0 aliphatic carbocycles. The molecular weight excluding hydrogens is 805 g/mol. The van der Waals surface area contributed by atoms with Crippen LogP contribution in [0.3, 0.4) is 0 Å². The highest BCUT2D eigenvalue weighted by molar-refractivity contribution is 5.71. The van der Waals surface area contributed by atoms with Crippen LogP contribution >= 0.6 is 0 Å². The number of hydrogen-bond acceptors (Lipinski definition) is 6. The number of carbonyl (C=O) groups is 3. The Hall–Kier alpha value is -1.59. The maximum absolute atomic E-state index is 12.9. The van der Waals surface area contributed by atoms with Crippen molar-refractivity contribution in [2.45, 2.75) is 336 Å². The van der Waals surface area contributed by atoms with Crippen LogP contribution in [0.5, 0.6) is 0 Å². The highest BCUT2D eigenvalue weighted by atomic mass is 16.6. The molecule has 0 spiro atoms. The average Bonchev–Trinajstić information content (AvgIpc) is 3.28. The van der Waals surface area contributed by atoms with Gasteiger partial charge in [-0.1, -0.05) is 291 Å². The van der Waals surface area contributed by atoms with Crippen molar-refractivity contribution >= 4 is 17.9 Å². The van der Waals surface area contributed by atoms with Gasteiger partial charge in [0.2, 0.25) is 0 Å². The quantitative estimate of drug-likeness (QED) is 0.0344. The molecule has 6 heteroatoms. The third-order valence-electron chi connectivity index (χ3n) is 13.5. The second-order valence-corrected chi connectivity index (χ2v) is 21.2. The Morgan fingerprint density at radius 1 is 0.292 bits per heavy atom. The van der Waals surface area contributed by atoms with E-state index < -0.39 is 6.10 Å². The van der Waals surface area contributed by atoms with Gasteiger partial charge in [-0.05, 0) is 31.1 Å². The summed E-state index contributed by atoms with van der Waals surface area (Å²) in [7, 11) is 0. The van der Waals surface area contributed by atoms with Gasteiger partial charge in [-0.25, -0.2) is 0 Å². The van der Waals surface area contributed by atoms with Crippen LogP contribution in [0, 0.1) is 11.8 Å². The van der Waals surface area contributed by atoms with Gasteiger partial charge in [-0.3, -0.25) is 14.4 Å². The van der Waals surface area contributed by atoms with Crippen LogP contribution in [-0.4, -0.2) is 37.2 Å². The molecule has 0 N–H and O–H groups in total. The van der Waals surface area contributed by atoms with Crippen LogP contribution in [0.4, 0.5) is 0 Å². The van der Waals surface area contributed by atoms with Gasteiger partial charge in [0.1, 0.15) is 13.2 Å². The van der Waals surface area contributed by atoms with Gasteiger partial charge < -0.3 is 14.2 Å². The van der Waals surface area contributed by atoms with E-state index in [0.29, 0.717) is 19.3 Å². The lowest BCUT2D eigenvalue weighted by atomic mass is 10.0. The van der Waals surface area contributed by atoms with Gasteiger partial charge in [-0.15, -0.1) is 0 Å². The van der Waals surface area contributed by atoms with Crippen molar-refractivity contribution in [2.75, 3.05) is 13.2 Å². The summed E-state index contributed by atoms with van der Waals surface area (Å²) >= 11 is 0. The summed E-state index contributed by atoms with van der Waals surface area (Å²) in [5.41, 5.74) is 0. The Morgan fingerprint density at radius 3 is 0.754 bits per heavy atom. The van der Waals surface area contributed by atoms with Gasteiger partial charge in [0.05, 0.1) is 0 Å². The predicted molar refractivity (Wildman–Crippen MR) is 280 cm³/mol. The number of carbonyl (C=O) groups excluding carboxylic acids is 3. The third-order valence-corrected chi connectivity index (χ3v) is 13.5. The lowest BCUT2D eigenvalue weighted by Gasteiger charge is -2.18. The minimum atomic E-state index is -0.763. The minimum absolute atomic E-state index is 0.0624. The molecule has 0 radical (unpaired) electrons. The van der Waals surface area contributed by atoms with Crippen molar-refractivity contribution in [3.05, 3.63) is 0 Å². The third kappa shape index (κ3) is 53.2. The van der Waals surface area contributed by atoms with Crippen molar-refractivity contribution in [1.29, 1.82) is 0 Å². The standard InChI is InChI=1S/C59H114O6/c1-6-7-8-9-10-11-12-13-19-24-29-34-39-44-49-57(60)63-52-56(53-64-58(61)50-45-40-35-30-25-21-16-18-23-28-33-38-43-48-55(4)5)65-59(62)51-46-41-36-31-26-20-15-14-17-22-27-32-37-42-47-54(2)3/h54-56H,6-53H2,1-5H3/t56-/m0/s1. The number of esters is 3. The van der Waals surface area contributed by atoms with Gasteiger partial charge >= 0.3 is 17.9 Å². The first-order valence-corrected chi connectivity index (χ1v) is 29.2. The Morgan fingerprint density at radius 2 is 0.508 bits per heavy atom. The lowest BCUT2D eigenvalue weighted by molar-refractivity contribution is -0.167. The van der Waals surface area contributed by atoms with Crippen molar-refractivity contribution in [3.63, 3.8) is 0 Å². The van der Waals surface area contributed by atoms with Crippen molar-refractivity contribution < 1.29 is 28.6 Å². The molecule has 0 aliphatic rings. The molecule has 0 aromatic carbocycles. The summed E-state index contributed by atoms with van der Waals surface area (Å²) in [5.74, 6) is 0.846. The number of ether oxygens (including phenoxy) is 3. The summed E-state index contributed by atoms with van der Waals surface area (Å²) in [4.78, 5) is 38.2. The monoisotopic (exact) mass is 919 g/mol. The fraction of sp³-hybridized carbons (Fsp3) is 0.949. The second kappa shape index (κ2) is 51.8. The Balaban J connectivity index is 4.30. The lowest BCUT2D eigenvalue weighted by Crippen LogP contribution is -2.30. The van der Waals surface area contributed by atoms with Crippen LogP contribution < -0.4 is 0 Å². The van der Waals surface area contributed by atoms with Crippen LogP contribution in [-0.2, 0) is 28.6 Å². The molecule has 6 nitrogen and oxygen atoms in total. The Labute approximate surface area is 406 Å². The molecule has 0 aromatic heterocycles. The molecule has 0 saturated heterocycles. The molecule has 0 aromatic rings. The van der Waals surface area contributed by atoms with Crippen LogP contribution in [0.25, 0.3) is 0 Å². The van der Waals surface area contributed by atoms with E-state index in [9.17, 15) is 14.4 Å². The first-order valence-electron chi connectivity index (χ1n) is 29.2. The largest absolute Gasteiger partial charge is 0.462 e. The van der Waals surface area contributed by atoms with Crippen LogP contribution in [0.2, 0.25) is 0 Å². The molecule has 0 amide bonds. The fourth-order valence-electron chi connectivity index (χ4n) is 9.05. The van der Waals surface area contributed by atoms with E-state index in [1.54, 1.807) is 0 Å². The number of rotatable bonds is 53. The topological polar surface area (TPSA) is 78.9 Å². The Bertz CT molecular complexity index is 993. The van der Waals surface area contributed by atoms with E-state index >= 15 is 0 Å². The van der Waals surface area contributed by atoms with Crippen LogP contribution in [0.1, 0.15) is 330 Å². The maximum Gasteiger partial charge on any atom is 0.306 e. The van der Waals surface area contributed by atoms with E-state index in [1.807, 2.05) is 0 Å². The van der Waals surface area contributed by atoms with Gasteiger partial charge in [-0.2, -0.15) is 0 Å². The molecule has 386 valence electrons. The molecule has 0 unspecified atom stereocenters. The zero-order valence-electron chi connectivity index (χ0n) is 44.6. The van der Waals surface area contributed by atoms with E-state index in [-0.39, 0.29) is 31.1 Å². The highest BCUT2D eigenvalue weighted by Crippen LogP contribution is 2.18. The first-order chi connectivity index (χ1) is 31.7. The summed E-state index contributed by atoms with van der Waals surface area (Å²) in [6.07, 6.45) is 55.2. The van der Waals surface area contributed by atoms with Crippen molar-refractivity contribution in [3.8, 4) is 0 Å². The van der Waals surface area contributed by atoms with Gasteiger partial charge in [0.25, 0.3) is 0 Å². The van der Waals surface area contributed by atoms with Crippen LogP contribution in [0.15, 0.2) is 0 Å². The van der Waals surface area contributed by atoms with Crippen molar-refractivity contribution in [2.24, 2.45) is 11.8 Å². The predicted octanol–water partition coefficient (Wildman–Crippen LogP) is 19.3.